The van der Waals surface area contributed by atoms with Crippen LogP contribution in [0.2, 0.25) is 5.02 Å². The van der Waals surface area contributed by atoms with Crippen molar-refractivity contribution in [3.05, 3.63) is 45.2 Å². The van der Waals surface area contributed by atoms with Crippen LogP contribution in [0.1, 0.15) is 11.3 Å². The minimum atomic E-state index is 0.332. The minimum Gasteiger partial charge on any atom is -0.355 e. The van der Waals surface area contributed by atoms with Crippen LogP contribution in [0.15, 0.2) is 29.0 Å². The third kappa shape index (κ3) is 3.12. The molecule has 0 aliphatic rings. The van der Waals surface area contributed by atoms with E-state index in [1.165, 1.54) is 5.56 Å². The Hall–Kier alpha value is -0.770. The van der Waals surface area contributed by atoms with Crippen LogP contribution in [-0.4, -0.2) is 12.0 Å². The molecule has 2 rings (SSSR count). The third-order valence-corrected chi connectivity index (χ3v) is 3.75. The van der Waals surface area contributed by atoms with Crippen LogP contribution in [-0.2, 0) is 12.4 Å². The highest BCUT2D eigenvalue weighted by atomic mass is 35.5. The van der Waals surface area contributed by atoms with Crippen molar-refractivity contribution in [1.29, 1.82) is 0 Å². The Labute approximate surface area is 115 Å². The zero-order valence-corrected chi connectivity index (χ0v) is 11.7. The SMILES string of the molecule is CN(Cc1ccsc1)c1ccc(Cl)c(CCl)n1. The Kier molecular flexibility index (Phi) is 4.26. The molecule has 0 saturated heterocycles. The lowest BCUT2D eigenvalue weighted by Crippen LogP contribution is -2.17. The van der Waals surface area contributed by atoms with E-state index in [0.717, 1.165) is 18.1 Å². The van der Waals surface area contributed by atoms with Gasteiger partial charge >= 0.3 is 0 Å². The van der Waals surface area contributed by atoms with Crippen LogP contribution in [0, 0.1) is 0 Å². The van der Waals surface area contributed by atoms with Gasteiger partial charge in [-0.25, -0.2) is 4.98 Å². The highest BCUT2D eigenvalue weighted by Gasteiger charge is 2.07. The molecule has 0 N–H and O–H groups in total. The van der Waals surface area contributed by atoms with Crippen molar-refractivity contribution in [2.75, 3.05) is 11.9 Å². The Morgan fingerprint density at radius 1 is 1.35 bits per heavy atom. The largest absolute Gasteiger partial charge is 0.355 e. The maximum atomic E-state index is 5.98. The molecule has 0 radical (unpaired) electrons. The van der Waals surface area contributed by atoms with Crippen molar-refractivity contribution in [3.8, 4) is 0 Å². The van der Waals surface area contributed by atoms with Gasteiger partial charge in [0.15, 0.2) is 0 Å². The van der Waals surface area contributed by atoms with E-state index in [9.17, 15) is 0 Å². The van der Waals surface area contributed by atoms with Crippen LogP contribution in [0.5, 0.6) is 0 Å². The molecular weight excluding hydrogens is 275 g/mol. The number of pyridine rings is 1. The van der Waals surface area contributed by atoms with Gasteiger partial charge in [0.25, 0.3) is 0 Å². The number of hydrogen-bond donors (Lipinski definition) is 0. The molecule has 0 fully saturated rings. The van der Waals surface area contributed by atoms with Crippen molar-refractivity contribution in [2.24, 2.45) is 0 Å². The molecule has 90 valence electrons. The fourth-order valence-electron chi connectivity index (χ4n) is 1.52. The van der Waals surface area contributed by atoms with E-state index in [1.807, 2.05) is 19.2 Å². The first-order chi connectivity index (χ1) is 8.20. The number of rotatable bonds is 4. The van der Waals surface area contributed by atoms with Crippen molar-refractivity contribution in [1.82, 2.24) is 4.98 Å². The van der Waals surface area contributed by atoms with Gasteiger partial charge in [-0.1, -0.05) is 11.6 Å². The molecule has 0 atom stereocenters. The van der Waals surface area contributed by atoms with Gasteiger partial charge in [-0.2, -0.15) is 11.3 Å². The molecule has 2 nitrogen and oxygen atoms in total. The fraction of sp³-hybridized carbons (Fsp3) is 0.250. The summed E-state index contributed by atoms with van der Waals surface area (Å²) in [6, 6.07) is 5.86. The lowest BCUT2D eigenvalue weighted by molar-refractivity contribution is 0.894. The first kappa shape index (κ1) is 12.7. The van der Waals surface area contributed by atoms with Crippen LogP contribution >= 0.6 is 34.5 Å². The summed E-state index contributed by atoms with van der Waals surface area (Å²) in [7, 11) is 2.01. The number of halogens is 2. The highest BCUT2D eigenvalue weighted by molar-refractivity contribution is 7.07. The summed E-state index contributed by atoms with van der Waals surface area (Å²) < 4.78 is 0. The summed E-state index contributed by atoms with van der Waals surface area (Å²) in [5.41, 5.74) is 2.00. The highest BCUT2D eigenvalue weighted by Crippen LogP contribution is 2.21. The Morgan fingerprint density at radius 3 is 2.82 bits per heavy atom. The second kappa shape index (κ2) is 5.71. The molecule has 0 amide bonds. The van der Waals surface area contributed by atoms with Gasteiger partial charge < -0.3 is 4.90 Å². The summed E-state index contributed by atoms with van der Waals surface area (Å²) in [5.74, 6) is 1.22. The molecule has 5 heteroatoms. The summed E-state index contributed by atoms with van der Waals surface area (Å²) in [4.78, 5) is 6.51. The lowest BCUT2D eigenvalue weighted by Gasteiger charge is -2.18. The molecular formula is C12H12Cl2N2S. The molecule has 0 aliphatic heterocycles. The van der Waals surface area contributed by atoms with Crippen molar-refractivity contribution >= 4 is 40.4 Å². The molecule has 0 unspecified atom stereocenters. The van der Waals surface area contributed by atoms with Crippen LogP contribution in [0.3, 0.4) is 0 Å². The van der Waals surface area contributed by atoms with E-state index in [1.54, 1.807) is 11.3 Å². The third-order valence-electron chi connectivity index (χ3n) is 2.42. The quantitative estimate of drug-likeness (QED) is 0.784. The van der Waals surface area contributed by atoms with Crippen molar-refractivity contribution < 1.29 is 0 Å². The number of alkyl halides is 1. The van der Waals surface area contributed by atoms with Gasteiger partial charge in [0.1, 0.15) is 5.82 Å². The Morgan fingerprint density at radius 2 is 2.18 bits per heavy atom. The van der Waals surface area contributed by atoms with Crippen molar-refractivity contribution in [3.63, 3.8) is 0 Å². The van der Waals surface area contributed by atoms with Gasteiger partial charge in [0.2, 0.25) is 0 Å². The van der Waals surface area contributed by atoms with Gasteiger partial charge in [-0.3, -0.25) is 0 Å². The summed E-state index contributed by atoms with van der Waals surface area (Å²) in [6.07, 6.45) is 0. The summed E-state index contributed by atoms with van der Waals surface area (Å²) >= 11 is 13.5. The molecule has 0 spiro atoms. The van der Waals surface area contributed by atoms with E-state index < -0.39 is 0 Å². The van der Waals surface area contributed by atoms with E-state index in [0.29, 0.717) is 10.9 Å². The lowest BCUT2D eigenvalue weighted by atomic mass is 10.3. The molecule has 0 aliphatic carbocycles. The predicted octanol–water partition coefficient (Wildman–Crippen LogP) is 4.17. The van der Waals surface area contributed by atoms with Gasteiger partial charge in [0, 0.05) is 13.6 Å². The summed E-state index contributed by atoms with van der Waals surface area (Å²) in [6.45, 7) is 0.833. The average Bonchev–Trinajstić information content (AvgIpc) is 2.82. The normalized spacial score (nSPS) is 10.5. The Bertz CT molecular complexity index is 485. The molecule has 2 aromatic heterocycles. The maximum absolute atomic E-state index is 5.98. The van der Waals surface area contributed by atoms with E-state index in [-0.39, 0.29) is 0 Å². The fourth-order valence-corrected chi connectivity index (χ4v) is 2.62. The zero-order chi connectivity index (χ0) is 12.3. The zero-order valence-electron chi connectivity index (χ0n) is 9.36. The number of aromatic nitrogens is 1. The van der Waals surface area contributed by atoms with Gasteiger partial charge in [-0.15, -0.1) is 11.6 Å². The number of hydrogen-bond acceptors (Lipinski definition) is 3. The predicted molar refractivity (Wildman–Crippen MR) is 75.2 cm³/mol. The maximum Gasteiger partial charge on any atom is 0.129 e. The molecule has 2 heterocycles. The van der Waals surface area contributed by atoms with E-state index in [4.69, 9.17) is 23.2 Å². The Balaban J connectivity index is 2.16. The van der Waals surface area contributed by atoms with Crippen LogP contribution in [0.4, 0.5) is 5.82 Å². The second-order valence-corrected chi connectivity index (χ2v) is 5.17. The first-order valence-corrected chi connectivity index (χ1v) is 7.00. The standard InChI is InChI=1S/C12H12Cl2N2S/c1-16(7-9-4-5-17-8-9)12-3-2-10(14)11(6-13)15-12/h2-5,8H,6-7H2,1H3. The molecule has 0 saturated carbocycles. The smallest absolute Gasteiger partial charge is 0.129 e. The van der Waals surface area contributed by atoms with Crippen LogP contribution in [0.25, 0.3) is 0 Å². The number of nitrogens with zero attached hydrogens (tertiary/aromatic N) is 2. The van der Waals surface area contributed by atoms with Gasteiger partial charge in [0.05, 0.1) is 16.6 Å². The minimum absolute atomic E-state index is 0.332. The molecule has 2 aromatic rings. The number of thiophene rings is 1. The number of anilines is 1. The monoisotopic (exact) mass is 286 g/mol. The van der Waals surface area contributed by atoms with E-state index >= 15 is 0 Å². The van der Waals surface area contributed by atoms with E-state index in [2.05, 4.69) is 26.7 Å². The topological polar surface area (TPSA) is 16.1 Å². The molecule has 0 aromatic carbocycles. The summed E-state index contributed by atoms with van der Waals surface area (Å²) in [5, 5.41) is 4.82. The first-order valence-electron chi connectivity index (χ1n) is 5.14. The van der Waals surface area contributed by atoms with Crippen molar-refractivity contribution in [2.45, 2.75) is 12.4 Å². The van der Waals surface area contributed by atoms with Gasteiger partial charge in [-0.05, 0) is 34.5 Å². The molecule has 17 heavy (non-hydrogen) atoms. The average molecular weight is 287 g/mol. The second-order valence-electron chi connectivity index (χ2n) is 3.72. The van der Waals surface area contributed by atoms with Crippen LogP contribution < -0.4 is 4.90 Å². The molecule has 0 bridgehead atoms.